The van der Waals surface area contributed by atoms with Gasteiger partial charge in [-0.05, 0) is 34.5 Å². The molecule has 2 heterocycles. The van der Waals surface area contributed by atoms with Gasteiger partial charge in [-0.1, -0.05) is 0 Å². The minimum atomic E-state index is -0.158. The number of thiophene rings is 1. The SMILES string of the molecule is NC1(CNCc2ccc(Br)s2)CCOC1. The zero-order chi connectivity index (χ0) is 10.7. The van der Waals surface area contributed by atoms with Crippen LogP contribution in [-0.4, -0.2) is 25.3 Å². The number of halogens is 1. The number of hydrogen-bond acceptors (Lipinski definition) is 4. The summed E-state index contributed by atoms with van der Waals surface area (Å²) in [6.07, 6.45) is 0.953. The van der Waals surface area contributed by atoms with Crippen molar-refractivity contribution in [1.82, 2.24) is 5.32 Å². The molecule has 1 aromatic heterocycles. The Labute approximate surface area is 102 Å². The molecular weight excluding hydrogens is 276 g/mol. The molecule has 1 saturated heterocycles. The summed E-state index contributed by atoms with van der Waals surface area (Å²) < 4.78 is 6.47. The quantitative estimate of drug-likeness (QED) is 0.888. The number of ether oxygens (including phenoxy) is 1. The van der Waals surface area contributed by atoms with Crippen LogP contribution < -0.4 is 11.1 Å². The molecule has 3 N–H and O–H groups in total. The average Bonchev–Trinajstić information content (AvgIpc) is 2.76. The molecule has 0 spiro atoms. The molecule has 0 radical (unpaired) electrons. The third kappa shape index (κ3) is 3.26. The smallest absolute Gasteiger partial charge is 0.0701 e. The highest BCUT2D eigenvalue weighted by molar-refractivity contribution is 9.11. The van der Waals surface area contributed by atoms with Crippen molar-refractivity contribution >= 4 is 27.3 Å². The molecule has 3 nitrogen and oxygen atoms in total. The lowest BCUT2D eigenvalue weighted by molar-refractivity contribution is 0.177. The van der Waals surface area contributed by atoms with Crippen LogP contribution in [0.3, 0.4) is 0 Å². The predicted octanol–water partition coefficient (Wildman–Crippen LogP) is 1.72. The molecule has 1 fully saturated rings. The van der Waals surface area contributed by atoms with Crippen LogP contribution in [0.2, 0.25) is 0 Å². The zero-order valence-corrected chi connectivity index (χ0v) is 10.9. The molecule has 15 heavy (non-hydrogen) atoms. The van der Waals surface area contributed by atoms with E-state index >= 15 is 0 Å². The minimum absolute atomic E-state index is 0.158. The van der Waals surface area contributed by atoms with Gasteiger partial charge in [0, 0.05) is 24.6 Å². The van der Waals surface area contributed by atoms with Gasteiger partial charge in [-0.3, -0.25) is 0 Å². The van der Waals surface area contributed by atoms with Crippen molar-refractivity contribution < 1.29 is 4.74 Å². The second-order valence-electron chi connectivity index (χ2n) is 3.97. The van der Waals surface area contributed by atoms with Crippen LogP contribution in [0.4, 0.5) is 0 Å². The zero-order valence-electron chi connectivity index (χ0n) is 8.46. The lowest BCUT2D eigenvalue weighted by Crippen LogP contribution is -2.49. The number of nitrogens with one attached hydrogen (secondary N) is 1. The highest BCUT2D eigenvalue weighted by Crippen LogP contribution is 2.22. The number of rotatable bonds is 4. The maximum Gasteiger partial charge on any atom is 0.0701 e. The largest absolute Gasteiger partial charge is 0.379 e. The molecule has 0 aromatic carbocycles. The maximum absolute atomic E-state index is 6.14. The topological polar surface area (TPSA) is 47.3 Å². The Hall–Kier alpha value is 0.0600. The van der Waals surface area contributed by atoms with Gasteiger partial charge in [0.15, 0.2) is 0 Å². The van der Waals surface area contributed by atoms with Crippen molar-refractivity contribution in [3.8, 4) is 0 Å². The van der Waals surface area contributed by atoms with E-state index in [0.29, 0.717) is 6.61 Å². The minimum Gasteiger partial charge on any atom is -0.379 e. The predicted molar refractivity (Wildman–Crippen MR) is 66.1 cm³/mol. The molecule has 2 rings (SSSR count). The Morgan fingerprint density at radius 2 is 2.47 bits per heavy atom. The Morgan fingerprint density at radius 3 is 3.07 bits per heavy atom. The summed E-state index contributed by atoms with van der Waals surface area (Å²) in [7, 11) is 0. The fourth-order valence-corrected chi connectivity index (χ4v) is 3.10. The van der Waals surface area contributed by atoms with Crippen LogP contribution in [0.15, 0.2) is 15.9 Å². The van der Waals surface area contributed by atoms with Crippen molar-refractivity contribution in [2.75, 3.05) is 19.8 Å². The average molecular weight is 291 g/mol. The fraction of sp³-hybridized carbons (Fsp3) is 0.600. The van der Waals surface area contributed by atoms with Crippen molar-refractivity contribution in [1.29, 1.82) is 0 Å². The van der Waals surface area contributed by atoms with Gasteiger partial charge in [0.05, 0.1) is 15.9 Å². The summed E-state index contributed by atoms with van der Waals surface area (Å²) in [6, 6.07) is 4.19. The van der Waals surface area contributed by atoms with E-state index in [1.54, 1.807) is 11.3 Å². The van der Waals surface area contributed by atoms with Gasteiger partial charge < -0.3 is 15.8 Å². The Balaban J connectivity index is 1.75. The van der Waals surface area contributed by atoms with Gasteiger partial charge >= 0.3 is 0 Å². The first-order valence-corrected chi connectivity index (χ1v) is 6.60. The van der Waals surface area contributed by atoms with Gasteiger partial charge in [-0.2, -0.15) is 0 Å². The molecule has 1 aliphatic rings. The second-order valence-corrected chi connectivity index (χ2v) is 6.52. The second kappa shape index (κ2) is 4.93. The van der Waals surface area contributed by atoms with Crippen LogP contribution >= 0.6 is 27.3 Å². The lowest BCUT2D eigenvalue weighted by Gasteiger charge is -2.21. The molecule has 1 atom stereocenters. The van der Waals surface area contributed by atoms with Gasteiger partial charge in [-0.25, -0.2) is 0 Å². The van der Waals surface area contributed by atoms with Crippen LogP contribution in [0, 0.1) is 0 Å². The van der Waals surface area contributed by atoms with Crippen LogP contribution in [0.5, 0.6) is 0 Å². The molecule has 1 unspecified atom stereocenters. The van der Waals surface area contributed by atoms with E-state index in [9.17, 15) is 0 Å². The van der Waals surface area contributed by atoms with E-state index in [1.165, 1.54) is 8.66 Å². The molecule has 0 amide bonds. The molecule has 0 aliphatic carbocycles. The van der Waals surface area contributed by atoms with Crippen molar-refractivity contribution in [3.05, 3.63) is 20.8 Å². The monoisotopic (exact) mass is 290 g/mol. The Kier molecular flexibility index (Phi) is 3.79. The summed E-state index contributed by atoms with van der Waals surface area (Å²) >= 11 is 5.20. The maximum atomic E-state index is 6.14. The fourth-order valence-electron chi connectivity index (χ4n) is 1.64. The number of nitrogens with two attached hydrogens (primary N) is 1. The molecule has 1 aliphatic heterocycles. The van der Waals surface area contributed by atoms with E-state index in [1.807, 2.05) is 0 Å². The Morgan fingerprint density at radius 1 is 1.60 bits per heavy atom. The molecular formula is C10H15BrN2OS. The van der Waals surface area contributed by atoms with Crippen molar-refractivity contribution in [2.45, 2.75) is 18.5 Å². The first kappa shape index (κ1) is 11.5. The highest BCUT2D eigenvalue weighted by Gasteiger charge is 2.29. The third-order valence-corrected chi connectivity index (χ3v) is 4.16. The number of hydrogen-bond donors (Lipinski definition) is 2. The van der Waals surface area contributed by atoms with E-state index in [-0.39, 0.29) is 5.54 Å². The summed E-state index contributed by atoms with van der Waals surface area (Å²) in [5.74, 6) is 0. The molecule has 84 valence electrons. The van der Waals surface area contributed by atoms with E-state index < -0.39 is 0 Å². The van der Waals surface area contributed by atoms with Gasteiger partial charge in [0.1, 0.15) is 0 Å². The Bertz CT molecular complexity index is 323. The molecule has 0 bridgehead atoms. The standard InChI is InChI=1S/C10H15BrN2OS/c11-9-2-1-8(15-9)5-13-6-10(12)3-4-14-7-10/h1-2,13H,3-7,12H2. The lowest BCUT2D eigenvalue weighted by atomic mass is 10.0. The van der Waals surface area contributed by atoms with Crippen LogP contribution in [0.25, 0.3) is 0 Å². The third-order valence-electron chi connectivity index (χ3n) is 2.54. The molecule has 5 heteroatoms. The van der Waals surface area contributed by atoms with E-state index in [4.69, 9.17) is 10.5 Å². The summed E-state index contributed by atoms with van der Waals surface area (Å²) in [5, 5.41) is 3.38. The molecule has 0 saturated carbocycles. The van der Waals surface area contributed by atoms with Crippen molar-refractivity contribution in [3.63, 3.8) is 0 Å². The van der Waals surface area contributed by atoms with Gasteiger partial charge in [0.25, 0.3) is 0 Å². The van der Waals surface area contributed by atoms with Crippen molar-refractivity contribution in [2.24, 2.45) is 5.73 Å². The van der Waals surface area contributed by atoms with E-state index in [0.717, 1.165) is 26.1 Å². The summed E-state index contributed by atoms with van der Waals surface area (Å²) in [6.45, 7) is 3.18. The first-order chi connectivity index (χ1) is 7.18. The van der Waals surface area contributed by atoms with Gasteiger partial charge in [0.2, 0.25) is 0 Å². The van der Waals surface area contributed by atoms with Gasteiger partial charge in [-0.15, -0.1) is 11.3 Å². The highest BCUT2D eigenvalue weighted by atomic mass is 79.9. The molecule has 1 aromatic rings. The summed E-state index contributed by atoms with van der Waals surface area (Å²) in [5.41, 5.74) is 5.98. The first-order valence-electron chi connectivity index (χ1n) is 5.00. The van der Waals surface area contributed by atoms with Crippen LogP contribution in [-0.2, 0) is 11.3 Å². The summed E-state index contributed by atoms with van der Waals surface area (Å²) in [4.78, 5) is 1.32. The van der Waals surface area contributed by atoms with E-state index in [2.05, 4.69) is 33.4 Å². The van der Waals surface area contributed by atoms with Crippen LogP contribution in [0.1, 0.15) is 11.3 Å². The normalized spacial score (nSPS) is 26.0.